The summed E-state index contributed by atoms with van der Waals surface area (Å²) in [7, 11) is 1.86. The van der Waals surface area contributed by atoms with Crippen molar-refractivity contribution in [2.24, 2.45) is 0 Å². The molecule has 5 nitrogen and oxygen atoms in total. The van der Waals surface area contributed by atoms with E-state index in [0.717, 1.165) is 17.1 Å². The largest absolute Gasteiger partial charge is 0.444 e. The van der Waals surface area contributed by atoms with Gasteiger partial charge in [0.05, 0.1) is 0 Å². The van der Waals surface area contributed by atoms with Crippen LogP contribution in [0.4, 0.5) is 20.7 Å². The van der Waals surface area contributed by atoms with Crippen molar-refractivity contribution >= 4 is 17.6 Å². The monoisotopic (exact) mass is 331 g/mol. The number of nitrogens with one attached hydrogen (secondary N) is 1. The summed E-state index contributed by atoms with van der Waals surface area (Å²) in [5.74, 6) is 0.450. The average molecular weight is 331 g/mol. The van der Waals surface area contributed by atoms with E-state index in [4.69, 9.17) is 4.74 Å². The van der Waals surface area contributed by atoms with Crippen LogP contribution in [0.1, 0.15) is 26.3 Å². The first-order chi connectivity index (χ1) is 11.2. The summed E-state index contributed by atoms with van der Waals surface area (Å²) in [5, 5.41) is 2.69. The smallest absolute Gasteiger partial charge is 0.407 e. The average Bonchev–Trinajstić information content (AvgIpc) is 2.52. The number of hydrogen-bond acceptors (Lipinski definition) is 4. The Kier molecular flexibility index (Phi) is 5.39. The highest BCUT2D eigenvalue weighted by molar-refractivity contribution is 5.67. The Labute approximate surface area is 141 Å². The number of alkyl carbamates (subject to hydrolysis) is 1. The van der Waals surface area contributed by atoms with Gasteiger partial charge < -0.3 is 15.0 Å². The van der Waals surface area contributed by atoms with Crippen LogP contribution in [0.15, 0.2) is 42.6 Å². The first-order valence-corrected chi connectivity index (χ1v) is 7.66. The molecule has 24 heavy (non-hydrogen) atoms. The number of benzene rings is 1. The third kappa shape index (κ3) is 5.22. The second kappa shape index (κ2) is 7.29. The zero-order valence-electron chi connectivity index (χ0n) is 14.3. The zero-order valence-corrected chi connectivity index (χ0v) is 14.3. The Morgan fingerprint density at radius 3 is 2.42 bits per heavy atom. The third-order valence-corrected chi connectivity index (χ3v) is 3.20. The molecule has 0 aliphatic carbocycles. The molecule has 0 radical (unpaired) electrons. The summed E-state index contributed by atoms with van der Waals surface area (Å²) in [5.41, 5.74) is 1.17. The summed E-state index contributed by atoms with van der Waals surface area (Å²) < 4.78 is 18.2. The SMILES string of the molecule is CN(c1ccc(F)cc1)c1ccc(CNC(=O)OC(C)(C)C)cn1. The maximum absolute atomic E-state index is 13.0. The van der Waals surface area contributed by atoms with Crippen molar-refractivity contribution in [1.82, 2.24) is 10.3 Å². The number of rotatable bonds is 4. The van der Waals surface area contributed by atoms with Crippen molar-refractivity contribution in [2.75, 3.05) is 11.9 Å². The van der Waals surface area contributed by atoms with E-state index in [1.54, 1.807) is 18.3 Å². The van der Waals surface area contributed by atoms with Gasteiger partial charge in [0.25, 0.3) is 0 Å². The van der Waals surface area contributed by atoms with Crippen molar-refractivity contribution in [3.8, 4) is 0 Å². The fourth-order valence-corrected chi connectivity index (χ4v) is 2.01. The number of anilines is 2. The molecule has 0 saturated carbocycles. The molecule has 2 aromatic rings. The predicted molar refractivity (Wildman–Crippen MR) is 91.8 cm³/mol. The Morgan fingerprint density at radius 2 is 1.88 bits per heavy atom. The number of nitrogens with zero attached hydrogens (tertiary/aromatic N) is 2. The van der Waals surface area contributed by atoms with Gasteiger partial charge in [-0.25, -0.2) is 14.2 Å². The molecular weight excluding hydrogens is 309 g/mol. The highest BCUT2D eigenvalue weighted by Gasteiger charge is 2.15. The van der Waals surface area contributed by atoms with Crippen LogP contribution in [0.2, 0.25) is 0 Å². The number of hydrogen-bond donors (Lipinski definition) is 1. The minimum atomic E-state index is -0.524. The van der Waals surface area contributed by atoms with Crippen LogP contribution < -0.4 is 10.2 Å². The summed E-state index contributed by atoms with van der Waals surface area (Å²) in [6, 6.07) is 9.91. The van der Waals surface area contributed by atoms with Gasteiger partial charge in [-0.3, -0.25) is 0 Å². The van der Waals surface area contributed by atoms with E-state index >= 15 is 0 Å². The summed E-state index contributed by atoms with van der Waals surface area (Å²) in [4.78, 5) is 17.8. The van der Waals surface area contributed by atoms with E-state index in [1.807, 2.05) is 44.9 Å². The first kappa shape index (κ1) is 17.7. The predicted octanol–water partition coefficient (Wildman–Crippen LogP) is 4.01. The molecule has 0 spiro atoms. The van der Waals surface area contributed by atoms with Gasteiger partial charge in [-0.1, -0.05) is 6.07 Å². The molecule has 6 heteroatoms. The summed E-state index contributed by atoms with van der Waals surface area (Å²) in [6.45, 7) is 5.78. The van der Waals surface area contributed by atoms with Crippen LogP contribution in [0.3, 0.4) is 0 Å². The minimum Gasteiger partial charge on any atom is -0.444 e. The fourth-order valence-electron chi connectivity index (χ4n) is 2.01. The molecule has 0 aliphatic rings. The van der Waals surface area contributed by atoms with Crippen LogP contribution in [-0.2, 0) is 11.3 Å². The Bertz CT molecular complexity index is 679. The molecule has 0 bridgehead atoms. The molecule has 0 atom stereocenters. The van der Waals surface area contributed by atoms with Gasteiger partial charge in [0, 0.05) is 25.5 Å². The normalized spacial score (nSPS) is 11.0. The molecule has 0 fully saturated rings. The summed E-state index contributed by atoms with van der Waals surface area (Å²) in [6.07, 6.45) is 1.22. The molecule has 1 N–H and O–H groups in total. The van der Waals surface area contributed by atoms with Gasteiger partial charge in [-0.2, -0.15) is 0 Å². The fraction of sp³-hybridized carbons (Fsp3) is 0.333. The Morgan fingerprint density at radius 1 is 1.21 bits per heavy atom. The van der Waals surface area contributed by atoms with Crippen molar-refractivity contribution < 1.29 is 13.9 Å². The molecule has 1 heterocycles. The van der Waals surface area contributed by atoms with Gasteiger partial charge >= 0.3 is 6.09 Å². The third-order valence-electron chi connectivity index (χ3n) is 3.20. The van der Waals surface area contributed by atoms with Crippen LogP contribution in [0.25, 0.3) is 0 Å². The van der Waals surface area contributed by atoms with E-state index < -0.39 is 11.7 Å². The number of carbonyl (C=O) groups is 1. The number of amides is 1. The van der Waals surface area contributed by atoms with E-state index in [-0.39, 0.29) is 5.82 Å². The molecule has 2 rings (SSSR count). The second-order valence-corrected chi connectivity index (χ2v) is 6.42. The highest BCUT2D eigenvalue weighted by Crippen LogP contribution is 2.21. The number of pyridine rings is 1. The van der Waals surface area contributed by atoms with Gasteiger partial charge in [0.2, 0.25) is 0 Å². The van der Waals surface area contributed by atoms with Crippen LogP contribution in [-0.4, -0.2) is 23.7 Å². The Balaban J connectivity index is 1.95. The van der Waals surface area contributed by atoms with E-state index in [9.17, 15) is 9.18 Å². The molecule has 1 amide bonds. The maximum atomic E-state index is 13.0. The second-order valence-electron chi connectivity index (χ2n) is 6.42. The van der Waals surface area contributed by atoms with E-state index in [1.165, 1.54) is 12.1 Å². The van der Waals surface area contributed by atoms with Crippen LogP contribution in [0, 0.1) is 5.82 Å². The lowest BCUT2D eigenvalue weighted by molar-refractivity contribution is 0.0523. The summed E-state index contributed by atoms with van der Waals surface area (Å²) >= 11 is 0. The molecule has 0 unspecified atom stereocenters. The van der Waals surface area contributed by atoms with Gasteiger partial charge in [0.1, 0.15) is 17.2 Å². The van der Waals surface area contributed by atoms with Crippen LogP contribution in [0.5, 0.6) is 0 Å². The van der Waals surface area contributed by atoms with Gasteiger partial charge in [0.15, 0.2) is 0 Å². The quantitative estimate of drug-likeness (QED) is 0.919. The molecule has 128 valence electrons. The highest BCUT2D eigenvalue weighted by atomic mass is 19.1. The first-order valence-electron chi connectivity index (χ1n) is 7.66. The molecular formula is C18H22FN3O2. The number of carbonyl (C=O) groups excluding carboxylic acids is 1. The van der Waals surface area contributed by atoms with E-state index in [2.05, 4.69) is 10.3 Å². The lowest BCUT2D eigenvalue weighted by Gasteiger charge is -2.20. The molecule has 1 aromatic carbocycles. The van der Waals surface area contributed by atoms with Crippen molar-refractivity contribution in [3.63, 3.8) is 0 Å². The van der Waals surface area contributed by atoms with Gasteiger partial charge in [-0.15, -0.1) is 0 Å². The molecule has 0 saturated heterocycles. The lowest BCUT2D eigenvalue weighted by Crippen LogP contribution is -2.32. The number of ether oxygens (including phenoxy) is 1. The molecule has 0 aliphatic heterocycles. The number of halogens is 1. The van der Waals surface area contributed by atoms with Crippen LogP contribution >= 0.6 is 0 Å². The lowest BCUT2D eigenvalue weighted by atomic mass is 10.2. The Hall–Kier alpha value is -2.63. The van der Waals surface area contributed by atoms with Crippen molar-refractivity contribution in [3.05, 3.63) is 54.0 Å². The minimum absolute atomic E-state index is 0.274. The number of aromatic nitrogens is 1. The van der Waals surface area contributed by atoms with Crippen molar-refractivity contribution in [1.29, 1.82) is 0 Å². The van der Waals surface area contributed by atoms with Crippen molar-refractivity contribution in [2.45, 2.75) is 32.9 Å². The van der Waals surface area contributed by atoms with E-state index in [0.29, 0.717) is 6.54 Å². The standard InChI is InChI=1S/C18H22FN3O2/c1-18(2,3)24-17(23)21-12-13-5-10-16(20-11-13)22(4)15-8-6-14(19)7-9-15/h5-11H,12H2,1-4H3,(H,21,23). The molecule has 1 aromatic heterocycles. The zero-order chi connectivity index (χ0) is 17.7. The topological polar surface area (TPSA) is 54.5 Å². The maximum Gasteiger partial charge on any atom is 0.407 e. The van der Waals surface area contributed by atoms with Gasteiger partial charge in [-0.05, 0) is 56.7 Å².